The summed E-state index contributed by atoms with van der Waals surface area (Å²) in [6.45, 7) is 0.312. The number of alkyl halides is 3. The van der Waals surface area contributed by atoms with E-state index < -0.39 is 24.1 Å². The van der Waals surface area contributed by atoms with Crippen LogP contribution >= 0.6 is 0 Å². The summed E-state index contributed by atoms with van der Waals surface area (Å²) in [6.07, 6.45) is -1.11. The quantitative estimate of drug-likeness (QED) is 0.439. The summed E-state index contributed by atoms with van der Waals surface area (Å²) in [6, 6.07) is 11.3. The second-order valence-corrected chi connectivity index (χ2v) is 7.47. The van der Waals surface area contributed by atoms with E-state index in [4.69, 9.17) is 4.74 Å². The molecule has 0 bridgehead atoms. The molecule has 0 N–H and O–H groups in total. The normalized spacial score (nSPS) is 19.2. The van der Waals surface area contributed by atoms with Crippen molar-refractivity contribution in [3.63, 3.8) is 0 Å². The van der Waals surface area contributed by atoms with Gasteiger partial charge in [-0.2, -0.15) is 23.4 Å². The number of ether oxygens (including phenoxy) is 1. The van der Waals surface area contributed by atoms with Crippen LogP contribution in [-0.4, -0.2) is 31.2 Å². The van der Waals surface area contributed by atoms with Gasteiger partial charge in [0.25, 0.3) is 0 Å². The Morgan fingerprint density at radius 2 is 1.83 bits per heavy atom. The lowest BCUT2D eigenvalue weighted by Crippen LogP contribution is -2.51. The minimum absolute atomic E-state index is 0.246. The average molecular weight is 416 g/mol. The van der Waals surface area contributed by atoms with E-state index in [0.29, 0.717) is 22.5 Å². The SMILES string of the molecule is C[C@@]1(C(F)(F)F)Cn2nc(-c3ccc(F)cc3)c(-c3ccn4nccc4c3)c2CO1. The van der Waals surface area contributed by atoms with E-state index in [2.05, 4.69) is 10.2 Å². The maximum absolute atomic E-state index is 13.5. The number of hydrogen-bond acceptors (Lipinski definition) is 3. The van der Waals surface area contributed by atoms with Gasteiger partial charge in [0.05, 0.1) is 24.4 Å². The zero-order chi connectivity index (χ0) is 21.1. The van der Waals surface area contributed by atoms with Gasteiger partial charge in [-0.15, -0.1) is 0 Å². The fourth-order valence-electron chi connectivity index (χ4n) is 3.70. The molecule has 1 aliphatic rings. The molecule has 1 aromatic carbocycles. The predicted molar refractivity (Wildman–Crippen MR) is 101 cm³/mol. The Morgan fingerprint density at radius 1 is 1.07 bits per heavy atom. The molecule has 5 rings (SSSR count). The number of benzene rings is 1. The number of pyridine rings is 1. The molecule has 0 amide bonds. The predicted octanol–water partition coefficient (Wildman–Crippen LogP) is 4.86. The van der Waals surface area contributed by atoms with Crippen molar-refractivity contribution in [1.82, 2.24) is 19.4 Å². The first-order valence-corrected chi connectivity index (χ1v) is 9.25. The Balaban J connectivity index is 1.71. The molecule has 3 aromatic heterocycles. The molecule has 0 saturated heterocycles. The Morgan fingerprint density at radius 3 is 2.57 bits per heavy atom. The molecular formula is C21H16F4N4O. The Hall–Kier alpha value is -3.20. The van der Waals surface area contributed by atoms with Crippen LogP contribution in [0.5, 0.6) is 0 Å². The van der Waals surface area contributed by atoms with Crippen LogP contribution in [0.2, 0.25) is 0 Å². The van der Waals surface area contributed by atoms with Crippen molar-refractivity contribution in [2.24, 2.45) is 0 Å². The minimum atomic E-state index is -4.54. The summed E-state index contributed by atoms with van der Waals surface area (Å²) >= 11 is 0. The monoisotopic (exact) mass is 416 g/mol. The summed E-state index contributed by atoms with van der Waals surface area (Å²) in [4.78, 5) is 0. The van der Waals surface area contributed by atoms with E-state index >= 15 is 0 Å². The van der Waals surface area contributed by atoms with E-state index in [1.807, 2.05) is 18.2 Å². The second-order valence-electron chi connectivity index (χ2n) is 7.47. The number of rotatable bonds is 2. The van der Waals surface area contributed by atoms with Crippen molar-refractivity contribution in [3.8, 4) is 22.4 Å². The zero-order valence-electron chi connectivity index (χ0n) is 15.8. The van der Waals surface area contributed by atoms with Crippen molar-refractivity contribution < 1.29 is 22.3 Å². The average Bonchev–Trinajstić information content (AvgIpc) is 3.31. The molecule has 0 aliphatic carbocycles. The highest BCUT2D eigenvalue weighted by molar-refractivity contribution is 5.84. The van der Waals surface area contributed by atoms with E-state index in [-0.39, 0.29) is 6.61 Å². The molecule has 1 atom stereocenters. The smallest absolute Gasteiger partial charge is 0.358 e. The molecular weight excluding hydrogens is 400 g/mol. The van der Waals surface area contributed by atoms with Crippen LogP contribution in [0.25, 0.3) is 27.9 Å². The van der Waals surface area contributed by atoms with Gasteiger partial charge < -0.3 is 4.74 Å². The van der Waals surface area contributed by atoms with Crippen LogP contribution in [-0.2, 0) is 17.9 Å². The molecule has 0 unspecified atom stereocenters. The molecule has 5 nitrogen and oxygen atoms in total. The highest BCUT2D eigenvalue weighted by Gasteiger charge is 2.55. The van der Waals surface area contributed by atoms with Gasteiger partial charge >= 0.3 is 6.18 Å². The van der Waals surface area contributed by atoms with Crippen molar-refractivity contribution in [1.29, 1.82) is 0 Å². The largest absolute Gasteiger partial charge is 0.419 e. The summed E-state index contributed by atoms with van der Waals surface area (Å²) in [5.74, 6) is -0.405. The van der Waals surface area contributed by atoms with Gasteiger partial charge in [0.2, 0.25) is 0 Å². The molecule has 154 valence electrons. The first-order chi connectivity index (χ1) is 14.2. The van der Waals surface area contributed by atoms with E-state index in [1.165, 1.54) is 16.8 Å². The lowest BCUT2D eigenvalue weighted by Gasteiger charge is -2.36. The lowest BCUT2D eigenvalue weighted by molar-refractivity contribution is -0.287. The third-order valence-corrected chi connectivity index (χ3v) is 5.44. The number of hydrogen-bond donors (Lipinski definition) is 0. The molecule has 4 aromatic rings. The molecule has 9 heteroatoms. The molecule has 30 heavy (non-hydrogen) atoms. The van der Waals surface area contributed by atoms with Gasteiger partial charge in [-0.25, -0.2) is 8.91 Å². The number of fused-ring (bicyclic) bond motifs is 2. The summed E-state index contributed by atoms with van der Waals surface area (Å²) in [5.41, 5.74) is 1.55. The van der Waals surface area contributed by atoms with Crippen LogP contribution in [0, 0.1) is 5.82 Å². The van der Waals surface area contributed by atoms with Crippen LogP contribution in [0.4, 0.5) is 17.6 Å². The van der Waals surface area contributed by atoms with Crippen LogP contribution in [0.3, 0.4) is 0 Å². The van der Waals surface area contributed by atoms with E-state index in [9.17, 15) is 17.6 Å². The van der Waals surface area contributed by atoms with E-state index in [0.717, 1.165) is 18.0 Å². The van der Waals surface area contributed by atoms with Gasteiger partial charge in [-0.3, -0.25) is 4.68 Å². The van der Waals surface area contributed by atoms with Crippen LogP contribution < -0.4 is 0 Å². The maximum atomic E-state index is 13.5. The molecule has 1 aliphatic heterocycles. The lowest BCUT2D eigenvalue weighted by atomic mass is 9.98. The summed E-state index contributed by atoms with van der Waals surface area (Å²) in [7, 11) is 0. The van der Waals surface area contributed by atoms with Crippen molar-refractivity contribution in [2.45, 2.75) is 31.9 Å². The van der Waals surface area contributed by atoms with Gasteiger partial charge in [-0.05, 0) is 55.0 Å². The topological polar surface area (TPSA) is 44.4 Å². The Labute approximate surface area is 168 Å². The third-order valence-electron chi connectivity index (χ3n) is 5.44. The highest BCUT2D eigenvalue weighted by Crippen LogP contribution is 2.43. The number of halogens is 4. The molecule has 0 radical (unpaired) electrons. The third kappa shape index (κ3) is 2.88. The van der Waals surface area contributed by atoms with Gasteiger partial charge in [-0.1, -0.05) is 0 Å². The van der Waals surface area contributed by atoms with Crippen LogP contribution in [0.15, 0.2) is 54.9 Å². The summed E-state index contributed by atoms with van der Waals surface area (Å²) < 4.78 is 62.4. The van der Waals surface area contributed by atoms with Crippen molar-refractivity contribution in [3.05, 3.63) is 66.4 Å². The van der Waals surface area contributed by atoms with Gasteiger partial charge in [0.15, 0.2) is 5.60 Å². The standard InChI is InChI=1S/C21H16F4N4O/c1-20(21(23,24)25)12-29-17(11-30-20)18(14-7-9-28-16(10-14)6-8-26-28)19(27-29)13-2-4-15(22)5-3-13/h2-10H,11-12H2,1H3/t20-/m0/s1. The fraction of sp³-hybridized carbons (Fsp3) is 0.238. The first-order valence-electron chi connectivity index (χ1n) is 9.25. The molecule has 0 fully saturated rings. The second kappa shape index (κ2) is 6.40. The van der Waals surface area contributed by atoms with Crippen molar-refractivity contribution in [2.75, 3.05) is 0 Å². The Kier molecular flexibility index (Phi) is 4.01. The molecule has 0 saturated carbocycles. The summed E-state index contributed by atoms with van der Waals surface area (Å²) in [5, 5.41) is 8.66. The minimum Gasteiger partial charge on any atom is -0.358 e. The first kappa shape index (κ1) is 18.8. The van der Waals surface area contributed by atoms with Crippen molar-refractivity contribution >= 4 is 5.52 Å². The fourth-order valence-corrected chi connectivity index (χ4v) is 3.70. The van der Waals surface area contributed by atoms with Gasteiger partial charge in [0, 0.05) is 23.5 Å². The maximum Gasteiger partial charge on any atom is 0.419 e. The zero-order valence-corrected chi connectivity index (χ0v) is 15.8. The molecule has 4 heterocycles. The van der Waals surface area contributed by atoms with E-state index in [1.54, 1.807) is 29.0 Å². The highest BCUT2D eigenvalue weighted by atomic mass is 19.4. The number of aromatic nitrogens is 4. The molecule has 0 spiro atoms. The van der Waals surface area contributed by atoms with Gasteiger partial charge in [0.1, 0.15) is 11.5 Å². The number of nitrogens with zero attached hydrogens (tertiary/aromatic N) is 4. The van der Waals surface area contributed by atoms with Crippen LogP contribution in [0.1, 0.15) is 12.6 Å². The Bertz CT molecular complexity index is 1240.